The van der Waals surface area contributed by atoms with Gasteiger partial charge in [0.15, 0.2) is 0 Å². The highest BCUT2D eigenvalue weighted by molar-refractivity contribution is 9.10. The van der Waals surface area contributed by atoms with Crippen LogP contribution < -0.4 is 11.1 Å². The minimum atomic E-state index is -0.258. The summed E-state index contributed by atoms with van der Waals surface area (Å²) >= 11 is 6.60. The number of halogens is 2. The van der Waals surface area contributed by atoms with Crippen LogP contribution in [0.5, 0.6) is 0 Å². The van der Waals surface area contributed by atoms with Crippen molar-refractivity contribution in [3.63, 3.8) is 0 Å². The summed E-state index contributed by atoms with van der Waals surface area (Å²) in [6, 6.07) is 8.72. The Balaban J connectivity index is 2.28. The van der Waals surface area contributed by atoms with Gasteiger partial charge in [-0.25, -0.2) is 4.98 Å². The second kappa shape index (κ2) is 5.71. The quantitative estimate of drug-likeness (QED) is 0.612. The number of rotatable bonds is 2. The summed E-state index contributed by atoms with van der Waals surface area (Å²) in [7, 11) is 0. The molecule has 1 aromatic carbocycles. The molecule has 0 aliphatic heterocycles. The van der Waals surface area contributed by atoms with Crippen molar-refractivity contribution in [3.05, 3.63) is 50.7 Å². The molecular weight excluding hydrogens is 374 g/mol. The number of nitrogens with one attached hydrogen (secondary N) is 1. The lowest BCUT2D eigenvalue weighted by atomic mass is 10.1. The average molecular weight is 385 g/mol. The van der Waals surface area contributed by atoms with Crippen molar-refractivity contribution in [3.8, 4) is 0 Å². The van der Waals surface area contributed by atoms with Crippen LogP contribution in [0.4, 0.5) is 11.4 Å². The van der Waals surface area contributed by atoms with Crippen LogP contribution in [0.2, 0.25) is 0 Å². The number of carbonyl (C=O) groups is 1. The number of nitrogens with two attached hydrogens (primary N) is 1. The largest absolute Gasteiger partial charge is 0.398 e. The molecule has 98 valence electrons. The third kappa shape index (κ3) is 3.33. The van der Waals surface area contributed by atoms with E-state index in [0.29, 0.717) is 16.9 Å². The van der Waals surface area contributed by atoms with Gasteiger partial charge in [0.25, 0.3) is 5.91 Å². The number of carbonyl (C=O) groups excluding carboxylic acids is 1. The zero-order valence-corrected chi connectivity index (χ0v) is 13.2. The third-order valence-corrected chi connectivity index (χ3v) is 3.49. The van der Waals surface area contributed by atoms with Crippen LogP contribution in [0.1, 0.15) is 16.1 Å². The van der Waals surface area contributed by atoms with Crippen molar-refractivity contribution < 1.29 is 4.79 Å². The number of pyridine rings is 1. The highest BCUT2D eigenvalue weighted by Crippen LogP contribution is 2.21. The summed E-state index contributed by atoms with van der Waals surface area (Å²) in [4.78, 5) is 16.4. The van der Waals surface area contributed by atoms with Crippen molar-refractivity contribution in [2.24, 2.45) is 0 Å². The van der Waals surface area contributed by atoms with E-state index >= 15 is 0 Å². The van der Waals surface area contributed by atoms with E-state index in [-0.39, 0.29) is 5.91 Å². The van der Waals surface area contributed by atoms with Gasteiger partial charge in [-0.2, -0.15) is 0 Å². The van der Waals surface area contributed by atoms with Gasteiger partial charge in [-0.05, 0) is 53.2 Å². The number of hydrogen-bond acceptors (Lipinski definition) is 3. The molecule has 0 spiro atoms. The first-order valence-electron chi connectivity index (χ1n) is 5.47. The van der Waals surface area contributed by atoms with Crippen LogP contribution in [0.3, 0.4) is 0 Å². The van der Waals surface area contributed by atoms with E-state index in [1.807, 2.05) is 6.92 Å². The Hall–Kier alpha value is -1.40. The summed E-state index contributed by atoms with van der Waals surface area (Å²) in [5, 5.41) is 2.80. The molecule has 0 fully saturated rings. The number of benzene rings is 1. The van der Waals surface area contributed by atoms with E-state index < -0.39 is 0 Å². The number of nitrogen functional groups attached to an aromatic ring is 1. The van der Waals surface area contributed by atoms with Crippen LogP contribution in [0.15, 0.2) is 39.4 Å². The molecule has 0 aliphatic rings. The van der Waals surface area contributed by atoms with Crippen molar-refractivity contribution in [1.82, 2.24) is 4.98 Å². The maximum atomic E-state index is 12.2. The number of amides is 1. The molecule has 0 bridgehead atoms. The molecule has 0 unspecified atom stereocenters. The lowest BCUT2D eigenvalue weighted by Crippen LogP contribution is -2.15. The van der Waals surface area contributed by atoms with Gasteiger partial charge >= 0.3 is 0 Å². The second-order valence-electron chi connectivity index (χ2n) is 3.95. The minimum absolute atomic E-state index is 0.258. The molecule has 0 saturated heterocycles. The van der Waals surface area contributed by atoms with Crippen molar-refractivity contribution in [2.75, 3.05) is 11.1 Å². The van der Waals surface area contributed by atoms with Gasteiger partial charge in [-0.15, -0.1) is 0 Å². The first-order chi connectivity index (χ1) is 8.97. The van der Waals surface area contributed by atoms with E-state index in [4.69, 9.17) is 5.73 Å². The molecule has 0 saturated carbocycles. The van der Waals surface area contributed by atoms with Crippen LogP contribution >= 0.6 is 31.9 Å². The predicted octanol–water partition coefficient (Wildman–Crippen LogP) is 3.75. The second-order valence-corrected chi connectivity index (χ2v) is 5.68. The smallest absolute Gasteiger partial charge is 0.257 e. The van der Waals surface area contributed by atoms with Crippen LogP contribution in [0.25, 0.3) is 0 Å². The fourth-order valence-corrected chi connectivity index (χ4v) is 2.34. The number of nitrogens with zero attached hydrogens (tertiary/aromatic N) is 1. The average Bonchev–Trinajstić information content (AvgIpc) is 2.35. The summed E-state index contributed by atoms with van der Waals surface area (Å²) < 4.78 is 1.53. The molecule has 6 heteroatoms. The summed E-state index contributed by atoms with van der Waals surface area (Å²) in [6.45, 7) is 1.82. The Labute approximate surface area is 127 Å². The normalized spacial score (nSPS) is 10.3. The monoisotopic (exact) mass is 383 g/mol. The maximum Gasteiger partial charge on any atom is 0.257 e. The van der Waals surface area contributed by atoms with E-state index in [9.17, 15) is 4.79 Å². The third-order valence-electron chi connectivity index (χ3n) is 2.56. The zero-order chi connectivity index (χ0) is 14.0. The molecule has 1 amide bonds. The molecule has 4 nitrogen and oxygen atoms in total. The fraction of sp³-hybridized carbons (Fsp3) is 0.0769. The van der Waals surface area contributed by atoms with Gasteiger partial charge < -0.3 is 11.1 Å². The molecule has 1 aromatic heterocycles. The Kier molecular flexibility index (Phi) is 4.21. The fourth-order valence-electron chi connectivity index (χ4n) is 1.58. The van der Waals surface area contributed by atoms with Gasteiger partial charge in [-0.1, -0.05) is 15.9 Å². The molecular formula is C13H11Br2N3O. The van der Waals surface area contributed by atoms with Crippen LogP contribution in [-0.2, 0) is 0 Å². The molecule has 0 radical (unpaired) electrons. The number of hydrogen-bond donors (Lipinski definition) is 2. The lowest BCUT2D eigenvalue weighted by Gasteiger charge is -2.10. The highest BCUT2D eigenvalue weighted by Gasteiger charge is 2.12. The number of anilines is 2. The number of aryl methyl sites for hydroxylation is 1. The van der Waals surface area contributed by atoms with Gasteiger partial charge in [0.05, 0.1) is 16.9 Å². The van der Waals surface area contributed by atoms with E-state index in [1.54, 1.807) is 30.3 Å². The molecule has 1 heterocycles. The van der Waals surface area contributed by atoms with Gasteiger partial charge in [0.1, 0.15) is 4.60 Å². The molecule has 2 aromatic rings. The molecule has 2 rings (SSSR count). The molecule has 19 heavy (non-hydrogen) atoms. The van der Waals surface area contributed by atoms with Crippen LogP contribution in [0, 0.1) is 6.92 Å². The Morgan fingerprint density at radius 2 is 2.00 bits per heavy atom. The zero-order valence-electron chi connectivity index (χ0n) is 10.1. The Morgan fingerprint density at radius 1 is 1.26 bits per heavy atom. The van der Waals surface area contributed by atoms with Crippen molar-refractivity contribution in [2.45, 2.75) is 6.92 Å². The van der Waals surface area contributed by atoms with Crippen LogP contribution in [-0.4, -0.2) is 10.9 Å². The topological polar surface area (TPSA) is 68.0 Å². The van der Waals surface area contributed by atoms with Gasteiger partial charge in [0, 0.05) is 10.2 Å². The van der Waals surface area contributed by atoms with Gasteiger partial charge in [-0.3, -0.25) is 4.79 Å². The van der Waals surface area contributed by atoms with Crippen molar-refractivity contribution in [1.29, 1.82) is 0 Å². The first-order valence-corrected chi connectivity index (χ1v) is 7.05. The van der Waals surface area contributed by atoms with E-state index in [2.05, 4.69) is 42.2 Å². The molecule has 3 N–H and O–H groups in total. The summed E-state index contributed by atoms with van der Waals surface area (Å²) in [5.41, 5.74) is 8.06. The predicted molar refractivity (Wildman–Crippen MR) is 83.2 cm³/mol. The summed E-state index contributed by atoms with van der Waals surface area (Å²) in [5.74, 6) is -0.258. The first kappa shape index (κ1) is 14.0. The number of aromatic nitrogens is 1. The van der Waals surface area contributed by atoms with E-state index in [1.165, 1.54) is 0 Å². The standard InChI is InChI=1S/C13H11Br2N3O/c1-7-11(4-5-12(15)17-7)18-13(19)9-6-8(14)2-3-10(9)16/h2-6H,16H2,1H3,(H,18,19). The summed E-state index contributed by atoms with van der Waals surface area (Å²) in [6.07, 6.45) is 0. The molecule has 0 aliphatic carbocycles. The maximum absolute atomic E-state index is 12.2. The lowest BCUT2D eigenvalue weighted by molar-refractivity contribution is 0.102. The minimum Gasteiger partial charge on any atom is -0.398 e. The van der Waals surface area contributed by atoms with Crippen molar-refractivity contribution >= 4 is 49.1 Å². The Morgan fingerprint density at radius 3 is 2.68 bits per heavy atom. The van der Waals surface area contributed by atoms with E-state index in [0.717, 1.165) is 14.8 Å². The molecule has 0 atom stereocenters. The van der Waals surface area contributed by atoms with Gasteiger partial charge in [0.2, 0.25) is 0 Å². The highest BCUT2D eigenvalue weighted by atomic mass is 79.9. The Bertz CT molecular complexity index is 644. The SMILES string of the molecule is Cc1nc(Br)ccc1NC(=O)c1cc(Br)ccc1N.